The van der Waals surface area contributed by atoms with Gasteiger partial charge in [-0.2, -0.15) is 0 Å². The number of hydrogen-bond acceptors (Lipinski definition) is 3. The van der Waals surface area contributed by atoms with Crippen LogP contribution in [0.2, 0.25) is 0 Å². The van der Waals surface area contributed by atoms with Gasteiger partial charge in [-0.05, 0) is 46.2 Å². The van der Waals surface area contributed by atoms with Crippen LogP contribution in [0, 0.1) is 11.7 Å². The zero-order valence-corrected chi connectivity index (χ0v) is 12.6. The fraction of sp³-hybridized carbons (Fsp3) is 0.562. The number of carbonyl (C=O) groups excluding carboxylic acids is 1. The summed E-state index contributed by atoms with van der Waals surface area (Å²) < 4.78 is 24.9. The molecule has 20 heavy (non-hydrogen) atoms. The maximum absolute atomic E-state index is 14.0. The quantitative estimate of drug-likeness (QED) is 0.793. The topological polar surface area (TPSA) is 35.5 Å². The maximum atomic E-state index is 14.0. The molecule has 2 rings (SSSR count). The molecule has 1 aliphatic rings. The smallest absolute Gasteiger partial charge is 0.171 e. The van der Waals surface area contributed by atoms with E-state index in [2.05, 4.69) is 0 Å². The molecule has 1 fully saturated rings. The van der Waals surface area contributed by atoms with Crippen molar-refractivity contribution in [1.82, 2.24) is 0 Å². The summed E-state index contributed by atoms with van der Waals surface area (Å²) in [4.78, 5) is 12.6. The largest absolute Gasteiger partial charge is 0.497 e. The van der Waals surface area contributed by atoms with E-state index in [1.807, 2.05) is 27.7 Å². The van der Waals surface area contributed by atoms with Crippen LogP contribution < -0.4 is 4.74 Å². The summed E-state index contributed by atoms with van der Waals surface area (Å²) in [5.74, 6) is -0.697. The molecule has 0 aromatic heterocycles. The van der Waals surface area contributed by atoms with E-state index >= 15 is 0 Å². The highest BCUT2D eigenvalue weighted by molar-refractivity contribution is 5.99. The number of Topliss-reactive ketones (excluding diaryl/α,β-unsaturated/α-hetero) is 1. The van der Waals surface area contributed by atoms with Crippen molar-refractivity contribution in [2.45, 2.75) is 45.3 Å². The molecule has 0 bridgehead atoms. The van der Waals surface area contributed by atoms with Gasteiger partial charge in [-0.1, -0.05) is 0 Å². The molecule has 110 valence electrons. The van der Waals surface area contributed by atoms with E-state index in [-0.39, 0.29) is 22.9 Å². The lowest BCUT2D eigenvalue weighted by Crippen LogP contribution is -2.34. The van der Waals surface area contributed by atoms with Crippen molar-refractivity contribution >= 4 is 5.78 Å². The van der Waals surface area contributed by atoms with Gasteiger partial charge in [-0.3, -0.25) is 4.79 Å². The molecule has 0 aliphatic carbocycles. The summed E-state index contributed by atoms with van der Waals surface area (Å²) in [7, 11) is 1.46. The lowest BCUT2D eigenvalue weighted by molar-refractivity contribution is -0.0712. The third-order valence-corrected chi connectivity index (χ3v) is 3.83. The normalized spacial score (nSPS) is 23.6. The maximum Gasteiger partial charge on any atom is 0.171 e. The first-order chi connectivity index (χ1) is 9.16. The van der Waals surface area contributed by atoms with Crippen LogP contribution >= 0.6 is 0 Å². The minimum atomic E-state index is -0.590. The van der Waals surface area contributed by atoms with Crippen molar-refractivity contribution < 1.29 is 18.7 Å². The molecule has 0 amide bonds. The molecule has 1 heterocycles. The van der Waals surface area contributed by atoms with E-state index in [0.29, 0.717) is 12.2 Å². The van der Waals surface area contributed by atoms with Crippen LogP contribution in [0.5, 0.6) is 5.75 Å². The van der Waals surface area contributed by atoms with Gasteiger partial charge in [0.2, 0.25) is 0 Å². The molecule has 4 heteroatoms. The molecule has 3 nitrogen and oxygen atoms in total. The van der Waals surface area contributed by atoms with Crippen LogP contribution in [0.1, 0.15) is 44.5 Å². The molecule has 1 aromatic rings. The highest BCUT2D eigenvalue weighted by Gasteiger charge is 2.49. The van der Waals surface area contributed by atoms with Crippen molar-refractivity contribution in [2.24, 2.45) is 5.92 Å². The van der Waals surface area contributed by atoms with E-state index in [9.17, 15) is 9.18 Å². The van der Waals surface area contributed by atoms with Crippen molar-refractivity contribution in [3.8, 4) is 5.75 Å². The predicted octanol–water partition coefficient (Wildman–Crippen LogP) is 3.61. The minimum absolute atomic E-state index is 0.102. The lowest BCUT2D eigenvalue weighted by Gasteiger charge is -2.26. The summed E-state index contributed by atoms with van der Waals surface area (Å²) in [5.41, 5.74) is -0.857. The van der Waals surface area contributed by atoms with Crippen molar-refractivity contribution in [2.75, 3.05) is 7.11 Å². The first-order valence-electron chi connectivity index (χ1n) is 6.74. The van der Waals surface area contributed by atoms with Gasteiger partial charge in [0.1, 0.15) is 11.6 Å². The monoisotopic (exact) mass is 280 g/mol. The van der Waals surface area contributed by atoms with Crippen LogP contribution in [0.4, 0.5) is 4.39 Å². The lowest BCUT2D eigenvalue weighted by atomic mass is 9.81. The van der Waals surface area contributed by atoms with Gasteiger partial charge in [0.15, 0.2) is 5.78 Å². The summed E-state index contributed by atoms with van der Waals surface area (Å²) in [6.45, 7) is 7.66. The van der Waals surface area contributed by atoms with Crippen molar-refractivity contribution in [1.29, 1.82) is 0 Å². The summed E-state index contributed by atoms with van der Waals surface area (Å²) in [6.07, 6.45) is 0.588. The van der Waals surface area contributed by atoms with Crippen LogP contribution in [-0.2, 0) is 4.74 Å². The van der Waals surface area contributed by atoms with E-state index in [1.165, 1.54) is 19.2 Å². The summed E-state index contributed by atoms with van der Waals surface area (Å²) in [6, 6.07) is 4.32. The van der Waals surface area contributed by atoms with E-state index < -0.39 is 11.4 Å². The van der Waals surface area contributed by atoms with Crippen LogP contribution in [0.15, 0.2) is 18.2 Å². The number of benzene rings is 1. The number of methoxy groups -OCH3 is 1. The SMILES string of the molecule is COc1ccc(C(=O)C2CC(C)(C)OC2(C)C)c(F)c1. The zero-order valence-electron chi connectivity index (χ0n) is 12.6. The molecule has 1 unspecified atom stereocenters. The highest BCUT2D eigenvalue weighted by atomic mass is 19.1. The van der Waals surface area contributed by atoms with Gasteiger partial charge in [-0.15, -0.1) is 0 Å². The molecular formula is C16H21FO3. The van der Waals surface area contributed by atoms with Crippen LogP contribution in [0.25, 0.3) is 0 Å². The zero-order chi connectivity index (χ0) is 15.1. The van der Waals surface area contributed by atoms with Crippen LogP contribution in [-0.4, -0.2) is 24.1 Å². The Morgan fingerprint density at radius 2 is 2.00 bits per heavy atom. The number of hydrogen-bond donors (Lipinski definition) is 0. The standard InChI is InChI=1S/C16H21FO3/c1-15(2)9-12(16(3,4)20-15)14(18)11-7-6-10(19-5)8-13(11)17/h6-8,12H,9H2,1-5H3. The Hall–Kier alpha value is -1.42. The van der Waals surface area contributed by atoms with E-state index in [1.54, 1.807) is 6.07 Å². The first-order valence-corrected chi connectivity index (χ1v) is 6.74. The van der Waals surface area contributed by atoms with Crippen LogP contribution in [0.3, 0.4) is 0 Å². The Balaban J connectivity index is 2.32. The van der Waals surface area contributed by atoms with Gasteiger partial charge < -0.3 is 9.47 Å². The number of carbonyl (C=O) groups is 1. The predicted molar refractivity (Wildman–Crippen MR) is 74.6 cm³/mol. The Morgan fingerprint density at radius 1 is 1.35 bits per heavy atom. The van der Waals surface area contributed by atoms with Crippen molar-refractivity contribution in [3.63, 3.8) is 0 Å². The number of rotatable bonds is 3. The fourth-order valence-corrected chi connectivity index (χ4v) is 2.98. The molecule has 0 radical (unpaired) electrons. The molecule has 1 aromatic carbocycles. The Labute approximate surface area is 119 Å². The van der Waals surface area contributed by atoms with Gasteiger partial charge in [0.25, 0.3) is 0 Å². The van der Waals surface area contributed by atoms with Gasteiger partial charge in [0, 0.05) is 6.07 Å². The average Bonchev–Trinajstić information content (AvgIpc) is 2.56. The van der Waals surface area contributed by atoms with Gasteiger partial charge in [-0.25, -0.2) is 4.39 Å². The molecule has 1 aliphatic heterocycles. The molecular weight excluding hydrogens is 259 g/mol. The fourth-order valence-electron chi connectivity index (χ4n) is 2.98. The second kappa shape index (κ2) is 4.85. The average molecular weight is 280 g/mol. The third-order valence-electron chi connectivity index (χ3n) is 3.83. The second-order valence-electron chi connectivity index (χ2n) is 6.43. The molecule has 1 saturated heterocycles. The Kier molecular flexibility index (Phi) is 3.63. The molecule has 0 saturated carbocycles. The van der Waals surface area contributed by atoms with E-state index in [4.69, 9.17) is 9.47 Å². The Morgan fingerprint density at radius 3 is 2.45 bits per heavy atom. The third kappa shape index (κ3) is 2.70. The highest BCUT2D eigenvalue weighted by Crippen LogP contribution is 2.43. The van der Waals surface area contributed by atoms with Crippen molar-refractivity contribution in [3.05, 3.63) is 29.6 Å². The molecule has 0 spiro atoms. The van der Waals surface area contributed by atoms with Gasteiger partial charge >= 0.3 is 0 Å². The summed E-state index contributed by atoms with van der Waals surface area (Å²) in [5, 5.41) is 0. The van der Waals surface area contributed by atoms with E-state index in [0.717, 1.165) is 0 Å². The molecule has 0 N–H and O–H groups in total. The Bertz CT molecular complexity index is 535. The van der Waals surface area contributed by atoms with Gasteiger partial charge in [0.05, 0.1) is 29.8 Å². The number of halogens is 1. The minimum Gasteiger partial charge on any atom is -0.497 e. The first kappa shape index (κ1) is 15.0. The second-order valence-corrected chi connectivity index (χ2v) is 6.43. The molecule has 1 atom stereocenters. The number of ketones is 1. The number of ether oxygens (including phenoxy) is 2. The summed E-state index contributed by atoms with van der Waals surface area (Å²) >= 11 is 0.